The Hall–Kier alpha value is -3.42. The van der Waals surface area contributed by atoms with E-state index < -0.39 is 46.8 Å². The van der Waals surface area contributed by atoms with Gasteiger partial charge in [-0.2, -0.15) is 4.72 Å². The minimum Gasteiger partial charge on any atom is -0.465 e. The van der Waals surface area contributed by atoms with Crippen LogP contribution in [0.2, 0.25) is 0 Å². The number of carbonyl (C=O) groups excluding carboxylic acids is 3. The molecule has 1 fully saturated rings. The number of ether oxygens (including phenoxy) is 1. The predicted molar refractivity (Wildman–Crippen MR) is 153 cm³/mol. The smallest absolute Gasteiger partial charge is 0.325 e. The van der Waals surface area contributed by atoms with Crippen LogP contribution in [0, 0.1) is 11.3 Å². The molecule has 0 radical (unpaired) electrons. The van der Waals surface area contributed by atoms with Crippen LogP contribution in [0.1, 0.15) is 26.2 Å². The number of likely N-dealkylation sites (tertiary alicyclic amines) is 1. The molecule has 2 amide bonds. The van der Waals surface area contributed by atoms with Gasteiger partial charge in [0.2, 0.25) is 21.8 Å². The predicted octanol–water partition coefficient (Wildman–Crippen LogP) is 1.04. The van der Waals surface area contributed by atoms with Crippen molar-refractivity contribution < 1.29 is 27.5 Å². The van der Waals surface area contributed by atoms with E-state index in [9.17, 15) is 22.8 Å². The third-order valence-electron chi connectivity index (χ3n) is 6.51. The molecule has 220 valence electrons. The van der Waals surface area contributed by atoms with Crippen LogP contribution in [-0.2, 0) is 29.1 Å². The van der Waals surface area contributed by atoms with Gasteiger partial charge in [-0.25, -0.2) is 8.42 Å². The number of amides is 2. The molecule has 0 unspecified atom stereocenters. The Morgan fingerprint density at radius 2 is 1.90 bits per heavy atom. The van der Waals surface area contributed by atoms with Gasteiger partial charge >= 0.3 is 5.97 Å². The number of benzene rings is 2. The summed E-state index contributed by atoms with van der Waals surface area (Å²) >= 11 is 0. The average Bonchev–Trinajstić information content (AvgIpc) is 2.91. The molecular formula is C26H37ClN6O6S. The third-order valence-corrected chi connectivity index (χ3v) is 7.98. The van der Waals surface area contributed by atoms with Crippen molar-refractivity contribution in [3.63, 3.8) is 0 Å². The van der Waals surface area contributed by atoms with Crippen molar-refractivity contribution in [1.29, 1.82) is 5.41 Å². The summed E-state index contributed by atoms with van der Waals surface area (Å²) in [6.07, 6.45) is 1.19. The molecule has 0 bridgehead atoms. The Morgan fingerprint density at radius 3 is 2.58 bits per heavy atom. The van der Waals surface area contributed by atoms with E-state index in [4.69, 9.17) is 15.9 Å². The minimum atomic E-state index is -4.20. The molecule has 1 aliphatic heterocycles. The summed E-state index contributed by atoms with van der Waals surface area (Å²) in [7, 11) is -2.86. The topological polar surface area (TPSA) is 175 Å². The number of fused-ring (bicyclic) bond motifs is 1. The monoisotopic (exact) mass is 596 g/mol. The first kappa shape index (κ1) is 32.8. The largest absolute Gasteiger partial charge is 0.465 e. The molecule has 5 N–H and O–H groups in total. The van der Waals surface area contributed by atoms with Crippen molar-refractivity contribution in [2.45, 2.75) is 37.1 Å². The van der Waals surface area contributed by atoms with Crippen LogP contribution in [0.25, 0.3) is 10.8 Å². The van der Waals surface area contributed by atoms with Gasteiger partial charge in [0.25, 0.3) is 0 Å². The Bertz CT molecular complexity index is 1320. The van der Waals surface area contributed by atoms with Crippen LogP contribution in [0.3, 0.4) is 0 Å². The zero-order chi connectivity index (χ0) is 28.6. The van der Waals surface area contributed by atoms with Crippen molar-refractivity contribution in [3.8, 4) is 0 Å². The molecule has 1 saturated heterocycles. The highest BCUT2D eigenvalue weighted by Gasteiger charge is 2.31. The van der Waals surface area contributed by atoms with E-state index in [0.717, 1.165) is 23.1 Å². The number of carbonyl (C=O) groups is 3. The maximum absolute atomic E-state index is 13.3. The van der Waals surface area contributed by atoms with Crippen LogP contribution in [0.4, 0.5) is 0 Å². The second-order valence-electron chi connectivity index (χ2n) is 9.53. The van der Waals surface area contributed by atoms with E-state index >= 15 is 0 Å². The highest BCUT2D eigenvalue weighted by atomic mass is 35.5. The first-order valence-electron chi connectivity index (χ1n) is 12.8. The molecule has 2 aromatic carbocycles. The maximum atomic E-state index is 13.3. The van der Waals surface area contributed by atoms with E-state index in [2.05, 4.69) is 10.0 Å². The quantitative estimate of drug-likeness (QED) is 0.169. The molecule has 0 spiro atoms. The molecule has 0 aromatic heterocycles. The number of halogens is 1. The van der Waals surface area contributed by atoms with E-state index in [-0.39, 0.29) is 35.8 Å². The van der Waals surface area contributed by atoms with Gasteiger partial charge in [-0.15, -0.1) is 12.4 Å². The highest BCUT2D eigenvalue weighted by molar-refractivity contribution is 7.89. The van der Waals surface area contributed by atoms with Crippen LogP contribution in [0.15, 0.2) is 47.4 Å². The van der Waals surface area contributed by atoms with Crippen LogP contribution < -0.4 is 15.8 Å². The molecule has 0 saturated carbocycles. The number of rotatable bonds is 11. The fourth-order valence-electron chi connectivity index (χ4n) is 4.48. The molecule has 12 nitrogen and oxygen atoms in total. The lowest BCUT2D eigenvalue weighted by Gasteiger charge is -2.33. The number of hydrogen-bond acceptors (Lipinski definition) is 7. The lowest BCUT2D eigenvalue weighted by molar-refractivity contribution is -0.148. The lowest BCUT2D eigenvalue weighted by Crippen LogP contribution is -2.51. The van der Waals surface area contributed by atoms with Crippen molar-refractivity contribution in [2.24, 2.45) is 11.7 Å². The van der Waals surface area contributed by atoms with Gasteiger partial charge < -0.3 is 25.6 Å². The van der Waals surface area contributed by atoms with Crippen molar-refractivity contribution in [2.75, 3.05) is 39.8 Å². The molecule has 0 aliphatic carbocycles. The van der Waals surface area contributed by atoms with Crippen molar-refractivity contribution in [1.82, 2.24) is 19.8 Å². The van der Waals surface area contributed by atoms with Gasteiger partial charge in [0.05, 0.1) is 17.9 Å². The normalized spacial score (nSPS) is 15.9. The summed E-state index contributed by atoms with van der Waals surface area (Å²) < 4.78 is 33.8. The molecule has 40 heavy (non-hydrogen) atoms. The lowest BCUT2D eigenvalue weighted by atomic mass is 9.98. The van der Waals surface area contributed by atoms with E-state index in [1.165, 1.54) is 19.2 Å². The van der Waals surface area contributed by atoms with Crippen molar-refractivity contribution in [3.05, 3.63) is 42.5 Å². The summed E-state index contributed by atoms with van der Waals surface area (Å²) in [5.41, 5.74) is 5.59. The fraction of sp³-hybridized carbons (Fsp3) is 0.462. The second kappa shape index (κ2) is 14.8. The van der Waals surface area contributed by atoms with Crippen LogP contribution in [0.5, 0.6) is 0 Å². The Balaban J connectivity index is 0.00000560. The summed E-state index contributed by atoms with van der Waals surface area (Å²) in [4.78, 5) is 40.7. The number of sulfonamides is 1. The summed E-state index contributed by atoms with van der Waals surface area (Å²) in [5, 5.41) is 11.9. The zero-order valence-electron chi connectivity index (χ0n) is 22.6. The molecule has 1 aliphatic rings. The minimum absolute atomic E-state index is 0. The number of nitrogens with one attached hydrogen (secondary N) is 3. The molecule has 1 heterocycles. The molecule has 14 heteroatoms. The van der Waals surface area contributed by atoms with Crippen LogP contribution in [-0.4, -0.2) is 87.8 Å². The number of guanidine groups is 1. The second-order valence-corrected chi connectivity index (χ2v) is 11.2. The van der Waals surface area contributed by atoms with Gasteiger partial charge in [0, 0.05) is 26.7 Å². The van der Waals surface area contributed by atoms with E-state index in [0.29, 0.717) is 25.0 Å². The number of piperidine rings is 1. The maximum Gasteiger partial charge on any atom is 0.325 e. The van der Waals surface area contributed by atoms with Gasteiger partial charge in [0.15, 0.2) is 5.96 Å². The SMILES string of the molecule is CCOC(=O)CN(C)C(=O)[C@H](CC(=O)NC[C@@H]1CCCN(C(=N)N)C1)NS(=O)(=O)c1ccc2ccccc2c1.Cl. The van der Waals surface area contributed by atoms with E-state index in [1.807, 2.05) is 12.1 Å². The molecule has 2 aromatic rings. The van der Waals surface area contributed by atoms with Gasteiger partial charge in [-0.1, -0.05) is 30.3 Å². The Labute approximate surface area is 240 Å². The van der Waals surface area contributed by atoms with Gasteiger partial charge in [0.1, 0.15) is 12.6 Å². The Morgan fingerprint density at radius 1 is 1.20 bits per heavy atom. The van der Waals surface area contributed by atoms with Crippen LogP contribution >= 0.6 is 12.4 Å². The summed E-state index contributed by atoms with van der Waals surface area (Å²) in [6.45, 7) is 2.86. The molecule has 3 rings (SSSR count). The zero-order valence-corrected chi connectivity index (χ0v) is 24.2. The Kier molecular flexibility index (Phi) is 12.1. The standard InChI is InChI=1S/C26H36N6O6S.ClH/c1-3-38-24(34)17-31(2)25(35)22(14-23(33)29-15-18-7-6-12-32(16-18)26(27)28)30-39(36,37)21-11-10-19-8-4-5-9-20(19)13-21;/h4-5,8-11,13,18,22,30H,3,6-7,12,14-17H2,1-2H3,(H3,27,28)(H,29,33);1H/t18-,22-;/m0./s1. The number of hydrogen-bond donors (Lipinski definition) is 4. The third kappa shape index (κ3) is 9.07. The van der Waals surface area contributed by atoms with E-state index in [1.54, 1.807) is 30.0 Å². The van der Waals surface area contributed by atoms with Crippen molar-refractivity contribution >= 4 is 56.9 Å². The number of nitrogens with two attached hydrogens (primary N) is 1. The summed E-state index contributed by atoms with van der Waals surface area (Å²) in [5.74, 6) is -1.89. The molecular weight excluding hydrogens is 560 g/mol. The average molecular weight is 597 g/mol. The highest BCUT2D eigenvalue weighted by Crippen LogP contribution is 2.20. The molecule has 2 atom stereocenters. The number of esters is 1. The summed E-state index contributed by atoms with van der Waals surface area (Å²) in [6, 6.07) is 10.4. The van der Waals surface area contributed by atoms with Gasteiger partial charge in [-0.05, 0) is 48.6 Å². The van der Waals surface area contributed by atoms with Gasteiger partial charge in [-0.3, -0.25) is 19.8 Å². The first-order chi connectivity index (χ1) is 18.5. The fourth-order valence-corrected chi connectivity index (χ4v) is 5.70. The number of nitrogens with zero attached hydrogens (tertiary/aromatic N) is 2. The first-order valence-corrected chi connectivity index (χ1v) is 14.3. The number of likely N-dealkylation sites (N-methyl/N-ethyl adjacent to an activating group) is 1.